The summed E-state index contributed by atoms with van der Waals surface area (Å²) >= 11 is 0. The van der Waals surface area contributed by atoms with Crippen LogP contribution in [0.25, 0.3) is 0 Å². The molecule has 1 rings (SSSR count). The van der Waals surface area contributed by atoms with Crippen molar-refractivity contribution in [3.63, 3.8) is 0 Å². The van der Waals surface area contributed by atoms with Crippen LogP contribution in [-0.2, 0) is 4.74 Å². The Morgan fingerprint density at radius 3 is 2.12 bits per heavy atom. The lowest BCUT2D eigenvalue weighted by Gasteiger charge is -2.46. The summed E-state index contributed by atoms with van der Waals surface area (Å²) in [6.45, 7) is 18.3. The molecule has 0 unspecified atom stereocenters. The van der Waals surface area contributed by atoms with Crippen molar-refractivity contribution in [2.45, 2.75) is 59.9 Å². The fourth-order valence-corrected chi connectivity index (χ4v) is 3.12. The van der Waals surface area contributed by atoms with Gasteiger partial charge in [0.1, 0.15) is 0 Å². The van der Waals surface area contributed by atoms with E-state index in [0.29, 0.717) is 5.41 Å². The van der Waals surface area contributed by atoms with Crippen molar-refractivity contribution < 1.29 is 4.74 Å². The van der Waals surface area contributed by atoms with Gasteiger partial charge in [-0.05, 0) is 31.6 Å². The third-order valence-electron chi connectivity index (χ3n) is 4.70. The molecule has 0 bridgehead atoms. The van der Waals surface area contributed by atoms with Crippen molar-refractivity contribution in [2.24, 2.45) is 11.3 Å². The summed E-state index contributed by atoms with van der Waals surface area (Å²) in [4.78, 5) is 2.60. The van der Waals surface area contributed by atoms with E-state index in [1.54, 1.807) is 0 Å². The van der Waals surface area contributed by atoms with Crippen molar-refractivity contribution in [2.75, 3.05) is 26.3 Å². The molecule has 0 aromatic carbocycles. The molecule has 1 fully saturated rings. The second-order valence-electron chi connectivity index (χ2n) is 6.89. The van der Waals surface area contributed by atoms with Crippen molar-refractivity contribution >= 4 is 0 Å². The highest BCUT2D eigenvalue weighted by molar-refractivity contribution is 4.90. The normalized spacial score (nSPS) is 21.5. The van der Waals surface area contributed by atoms with E-state index in [1.807, 2.05) is 0 Å². The van der Waals surface area contributed by atoms with E-state index in [0.717, 1.165) is 32.2 Å². The first-order chi connectivity index (χ1) is 7.79. The minimum absolute atomic E-state index is 0.288. The Kier molecular flexibility index (Phi) is 5.03. The van der Waals surface area contributed by atoms with Crippen LogP contribution < -0.4 is 0 Å². The molecule has 1 atom stereocenters. The van der Waals surface area contributed by atoms with Gasteiger partial charge in [-0.25, -0.2) is 0 Å². The summed E-state index contributed by atoms with van der Waals surface area (Å²) in [5.74, 6) is 0.780. The highest BCUT2D eigenvalue weighted by Crippen LogP contribution is 2.39. The number of hydrogen-bond acceptors (Lipinski definition) is 2. The average Bonchev–Trinajstić information content (AvgIpc) is 2.27. The molecule has 0 spiro atoms. The second-order valence-corrected chi connectivity index (χ2v) is 6.89. The summed E-state index contributed by atoms with van der Waals surface area (Å²) in [5, 5.41) is 0. The maximum Gasteiger partial charge on any atom is 0.0594 e. The summed E-state index contributed by atoms with van der Waals surface area (Å²) in [6.07, 6.45) is 2.53. The van der Waals surface area contributed by atoms with Gasteiger partial charge in [-0.1, -0.05) is 34.1 Å². The molecule has 2 heteroatoms. The third-order valence-corrected chi connectivity index (χ3v) is 4.70. The Morgan fingerprint density at radius 2 is 1.65 bits per heavy atom. The molecule has 1 heterocycles. The van der Waals surface area contributed by atoms with Crippen molar-refractivity contribution in [3.05, 3.63) is 0 Å². The average molecular weight is 241 g/mol. The number of nitrogens with zero attached hydrogens (tertiary/aromatic N) is 1. The lowest BCUT2D eigenvalue weighted by atomic mass is 9.70. The Bertz CT molecular complexity index is 229. The highest BCUT2D eigenvalue weighted by atomic mass is 16.5. The van der Waals surface area contributed by atoms with Gasteiger partial charge in [0.25, 0.3) is 0 Å². The van der Waals surface area contributed by atoms with Crippen LogP contribution in [0.15, 0.2) is 0 Å². The molecule has 0 aromatic rings. The standard InChI is InChI=1S/C15H31NO/c1-7-13(2)14(3,4)12-15(5,6)16-8-10-17-11-9-16/h13H,7-12H2,1-6H3/t13-/m1/s1. The Labute approximate surface area is 108 Å². The van der Waals surface area contributed by atoms with Crippen LogP contribution in [0.4, 0.5) is 0 Å². The molecule has 0 amide bonds. The van der Waals surface area contributed by atoms with Crippen molar-refractivity contribution in [1.29, 1.82) is 0 Å². The number of rotatable bonds is 5. The van der Waals surface area contributed by atoms with Crippen LogP contribution in [0.2, 0.25) is 0 Å². The summed E-state index contributed by atoms with van der Waals surface area (Å²) < 4.78 is 5.45. The summed E-state index contributed by atoms with van der Waals surface area (Å²) in [5.41, 5.74) is 0.702. The number of morpholine rings is 1. The van der Waals surface area contributed by atoms with Crippen molar-refractivity contribution in [3.8, 4) is 0 Å². The van der Waals surface area contributed by atoms with Gasteiger partial charge in [0, 0.05) is 18.6 Å². The zero-order valence-electron chi connectivity index (χ0n) is 12.7. The van der Waals surface area contributed by atoms with Gasteiger partial charge in [0.2, 0.25) is 0 Å². The van der Waals surface area contributed by atoms with E-state index < -0.39 is 0 Å². The second kappa shape index (κ2) is 5.71. The van der Waals surface area contributed by atoms with Crippen LogP contribution in [-0.4, -0.2) is 36.7 Å². The zero-order chi connectivity index (χ0) is 13.1. The quantitative estimate of drug-likeness (QED) is 0.730. The highest BCUT2D eigenvalue weighted by Gasteiger charge is 2.36. The number of hydrogen-bond donors (Lipinski definition) is 0. The molecule has 1 saturated heterocycles. The maximum absolute atomic E-state index is 5.45. The van der Waals surface area contributed by atoms with E-state index in [4.69, 9.17) is 4.74 Å². The van der Waals surface area contributed by atoms with E-state index in [2.05, 4.69) is 46.4 Å². The van der Waals surface area contributed by atoms with Crippen LogP contribution >= 0.6 is 0 Å². The SMILES string of the molecule is CC[C@@H](C)C(C)(C)CC(C)(C)N1CCOCC1. The van der Waals surface area contributed by atoms with Crippen LogP contribution in [0.3, 0.4) is 0 Å². The van der Waals surface area contributed by atoms with E-state index in [1.165, 1.54) is 12.8 Å². The monoisotopic (exact) mass is 241 g/mol. The molecule has 0 saturated carbocycles. The Morgan fingerprint density at radius 1 is 1.12 bits per heavy atom. The summed E-state index contributed by atoms with van der Waals surface area (Å²) in [7, 11) is 0. The minimum atomic E-state index is 0.288. The first kappa shape index (κ1) is 15.0. The van der Waals surface area contributed by atoms with E-state index in [9.17, 15) is 0 Å². The van der Waals surface area contributed by atoms with Crippen LogP contribution in [0.5, 0.6) is 0 Å². The molecule has 0 N–H and O–H groups in total. The lowest BCUT2D eigenvalue weighted by molar-refractivity contribution is -0.0303. The Balaban J connectivity index is 2.63. The largest absolute Gasteiger partial charge is 0.379 e. The van der Waals surface area contributed by atoms with Crippen LogP contribution in [0, 0.1) is 11.3 Å². The molecule has 0 aromatic heterocycles. The van der Waals surface area contributed by atoms with Gasteiger partial charge in [-0.2, -0.15) is 0 Å². The topological polar surface area (TPSA) is 12.5 Å². The summed E-state index contributed by atoms with van der Waals surface area (Å²) in [6, 6.07) is 0. The first-order valence-electron chi connectivity index (χ1n) is 7.12. The van der Waals surface area contributed by atoms with Crippen LogP contribution in [0.1, 0.15) is 54.4 Å². The molecule has 17 heavy (non-hydrogen) atoms. The maximum atomic E-state index is 5.45. The first-order valence-corrected chi connectivity index (χ1v) is 7.12. The van der Waals surface area contributed by atoms with Crippen molar-refractivity contribution in [1.82, 2.24) is 4.90 Å². The van der Waals surface area contributed by atoms with Gasteiger partial charge in [-0.3, -0.25) is 4.90 Å². The molecule has 2 nitrogen and oxygen atoms in total. The third kappa shape index (κ3) is 3.96. The van der Waals surface area contributed by atoms with Gasteiger partial charge >= 0.3 is 0 Å². The fourth-order valence-electron chi connectivity index (χ4n) is 3.12. The Hall–Kier alpha value is -0.0800. The van der Waals surface area contributed by atoms with Gasteiger partial charge in [-0.15, -0.1) is 0 Å². The zero-order valence-corrected chi connectivity index (χ0v) is 12.7. The van der Waals surface area contributed by atoms with Gasteiger partial charge in [0.15, 0.2) is 0 Å². The number of ether oxygens (including phenoxy) is 1. The smallest absolute Gasteiger partial charge is 0.0594 e. The molecule has 102 valence electrons. The molecule has 1 aliphatic rings. The molecule has 0 aliphatic carbocycles. The molecule has 1 aliphatic heterocycles. The van der Waals surface area contributed by atoms with E-state index in [-0.39, 0.29) is 5.54 Å². The minimum Gasteiger partial charge on any atom is -0.379 e. The fraction of sp³-hybridized carbons (Fsp3) is 1.00. The predicted octanol–water partition coefficient (Wildman–Crippen LogP) is 3.56. The van der Waals surface area contributed by atoms with Gasteiger partial charge in [0.05, 0.1) is 13.2 Å². The van der Waals surface area contributed by atoms with E-state index >= 15 is 0 Å². The molecular weight excluding hydrogens is 210 g/mol. The predicted molar refractivity (Wildman–Crippen MR) is 74.3 cm³/mol. The molecule has 0 radical (unpaired) electrons. The lowest BCUT2D eigenvalue weighted by Crippen LogP contribution is -2.52. The van der Waals surface area contributed by atoms with Gasteiger partial charge < -0.3 is 4.74 Å². The molecular formula is C15H31NO.